The predicted octanol–water partition coefficient (Wildman–Crippen LogP) is 5.21. The number of halogens is 3. The number of likely N-dealkylation sites (tertiary alicyclic amines) is 1. The molecule has 2 amide bonds. The first kappa shape index (κ1) is 27.1. The van der Waals surface area contributed by atoms with E-state index in [4.69, 9.17) is 11.6 Å². The molecule has 2 N–H and O–H groups in total. The average molecular weight is 506 g/mol. The van der Waals surface area contributed by atoms with Crippen LogP contribution in [0.5, 0.6) is 0 Å². The van der Waals surface area contributed by atoms with Crippen molar-refractivity contribution in [2.45, 2.75) is 58.0 Å². The van der Waals surface area contributed by atoms with Gasteiger partial charge in [-0.25, -0.2) is 8.78 Å². The smallest absolute Gasteiger partial charge is 0.225 e. The summed E-state index contributed by atoms with van der Waals surface area (Å²) in [5.74, 6) is -2.34. The molecule has 2 aromatic carbocycles. The molecule has 0 spiro atoms. The Labute approximate surface area is 211 Å². The molecule has 5 nitrogen and oxygen atoms in total. The molecule has 0 aromatic heterocycles. The minimum Gasteiger partial charge on any atom is -0.356 e. The van der Waals surface area contributed by atoms with Crippen molar-refractivity contribution in [2.24, 2.45) is 5.92 Å². The Hall–Kier alpha value is -2.51. The fraction of sp³-hybridized carbons (Fsp3) is 0.481. The molecule has 8 heteroatoms. The zero-order chi connectivity index (χ0) is 25.8. The molecule has 35 heavy (non-hydrogen) atoms. The maximum Gasteiger partial charge on any atom is 0.225 e. The summed E-state index contributed by atoms with van der Waals surface area (Å²) in [6, 6.07) is 10.7. The lowest BCUT2D eigenvalue weighted by atomic mass is 9.88. The van der Waals surface area contributed by atoms with Gasteiger partial charge in [-0.15, -0.1) is 0 Å². The average Bonchev–Trinajstić information content (AvgIpc) is 3.22. The first-order valence-corrected chi connectivity index (χ1v) is 12.3. The number of carbonyl (C=O) groups is 2. The summed E-state index contributed by atoms with van der Waals surface area (Å²) in [7, 11) is 0. The summed E-state index contributed by atoms with van der Waals surface area (Å²) in [5.41, 5.74) is 1.12. The molecular formula is C27H34ClF2N3O2. The van der Waals surface area contributed by atoms with Gasteiger partial charge in [0.2, 0.25) is 11.8 Å². The van der Waals surface area contributed by atoms with Gasteiger partial charge in [0.25, 0.3) is 0 Å². The molecule has 1 saturated heterocycles. The molecule has 0 saturated carbocycles. The van der Waals surface area contributed by atoms with Crippen LogP contribution in [-0.4, -0.2) is 41.9 Å². The van der Waals surface area contributed by atoms with Crippen LogP contribution in [0.2, 0.25) is 5.02 Å². The highest BCUT2D eigenvalue weighted by atomic mass is 35.5. The Balaban J connectivity index is 1.65. The third-order valence-electron chi connectivity index (χ3n) is 6.59. The van der Waals surface area contributed by atoms with Crippen LogP contribution in [0, 0.1) is 17.6 Å². The summed E-state index contributed by atoms with van der Waals surface area (Å²) >= 11 is 5.98. The van der Waals surface area contributed by atoms with Crippen LogP contribution in [0.15, 0.2) is 42.5 Å². The van der Waals surface area contributed by atoms with Crippen LogP contribution >= 0.6 is 11.6 Å². The number of carbonyl (C=O) groups excluding carboxylic acids is 2. The zero-order valence-electron chi connectivity index (χ0n) is 20.7. The molecule has 3 atom stereocenters. The van der Waals surface area contributed by atoms with Crippen LogP contribution in [0.4, 0.5) is 8.78 Å². The van der Waals surface area contributed by atoms with Gasteiger partial charge in [-0.05, 0) is 62.9 Å². The van der Waals surface area contributed by atoms with E-state index in [9.17, 15) is 18.4 Å². The van der Waals surface area contributed by atoms with Gasteiger partial charge in [-0.2, -0.15) is 0 Å². The fourth-order valence-electron chi connectivity index (χ4n) is 4.65. The third-order valence-corrected chi connectivity index (χ3v) is 6.84. The monoisotopic (exact) mass is 505 g/mol. The van der Waals surface area contributed by atoms with Crippen LogP contribution in [0.1, 0.15) is 63.6 Å². The normalized spacial score (nSPS) is 19.4. The summed E-state index contributed by atoms with van der Waals surface area (Å²) in [6.07, 6.45) is 1.28. The molecule has 1 aliphatic heterocycles. The van der Waals surface area contributed by atoms with E-state index in [0.29, 0.717) is 43.1 Å². The number of rotatable bonds is 8. The van der Waals surface area contributed by atoms with Crippen molar-refractivity contribution < 1.29 is 18.4 Å². The molecule has 3 rings (SSSR count). The van der Waals surface area contributed by atoms with E-state index < -0.39 is 17.6 Å². The highest BCUT2D eigenvalue weighted by molar-refractivity contribution is 6.30. The molecule has 0 bridgehead atoms. The quantitative estimate of drug-likeness (QED) is 0.484. The molecule has 0 aliphatic carbocycles. The number of amides is 2. The molecule has 0 radical (unpaired) electrons. The predicted molar refractivity (Wildman–Crippen MR) is 134 cm³/mol. The van der Waals surface area contributed by atoms with E-state index in [0.717, 1.165) is 11.6 Å². The minimum atomic E-state index is -0.632. The van der Waals surface area contributed by atoms with E-state index in [2.05, 4.69) is 36.3 Å². The maximum atomic E-state index is 14.6. The van der Waals surface area contributed by atoms with Crippen LogP contribution in [0.25, 0.3) is 0 Å². The summed E-state index contributed by atoms with van der Waals surface area (Å²) in [4.78, 5) is 27.0. The van der Waals surface area contributed by atoms with Crippen LogP contribution in [-0.2, 0) is 9.59 Å². The largest absolute Gasteiger partial charge is 0.356 e. The zero-order valence-corrected chi connectivity index (χ0v) is 21.5. The summed E-state index contributed by atoms with van der Waals surface area (Å²) in [6.45, 7) is 9.09. The first-order chi connectivity index (χ1) is 16.5. The van der Waals surface area contributed by atoms with Gasteiger partial charge in [-0.3, -0.25) is 14.5 Å². The molecule has 1 unspecified atom stereocenters. The van der Waals surface area contributed by atoms with Crippen molar-refractivity contribution >= 4 is 23.4 Å². The number of hydrogen-bond donors (Lipinski definition) is 2. The van der Waals surface area contributed by atoms with Crippen molar-refractivity contribution in [2.75, 3.05) is 19.6 Å². The second-order valence-corrected chi connectivity index (χ2v) is 10.6. The Bertz CT molecular complexity index is 1040. The molecule has 2 aromatic rings. The van der Waals surface area contributed by atoms with Gasteiger partial charge in [-0.1, -0.05) is 29.8 Å². The van der Waals surface area contributed by atoms with Gasteiger partial charge in [0.05, 0.1) is 12.0 Å². The number of nitrogens with zero attached hydrogens (tertiary/aromatic N) is 1. The second-order valence-electron chi connectivity index (χ2n) is 10.2. The molecule has 1 heterocycles. The number of nitrogens with one attached hydrogen (secondary N) is 2. The third kappa shape index (κ3) is 7.24. The van der Waals surface area contributed by atoms with Gasteiger partial charge in [0, 0.05) is 49.1 Å². The van der Waals surface area contributed by atoms with Crippen molar-refractivity contribution in [1.82, 2.24) is 15.5 Å². The SMILES string of the molecule is CC(=O)N[C@@H](CCCNC(=O)[C@@H]1CN(C(C)(C)C)CC1c1ccc(F)cc1F)c1ccc(Cl)cc1. The summed E-state index contributed by atoms with van der Waals surface area (Å²) in [5, 5.41) is 6.57. The van der Waals surface area contributed by atoms with Gasteiger partial charge in [0.15, 0.2) is 0 Å². The van der Waals surface area contributed by atoms with E-state index >= 15 is 0 Å². The van der Waals surface area contributed by atoms with E-state index in [1.165, 1.54) is 19.1 Å². The Kier molecular flexibility index (Phi) is 8.89. The fourth-order valence-corrected chi connectivity index (χ4v) is 4.77. The topological polar surface area (TPSA) is 61.4 Å². The minimum absolute atomic E-state index is 0.133. The maximum absolute atomic E-state index is 14.6. The van der Waals surface area contributed by atoms with Crippen molar-refractivity contribution in [3.63, 3.8) is 0 Å². The highest BCUT2D eigenvalue weighted by Crippen LogP contribution is 2.37. The van der Waals surface area contributed by atoms with Crippen molar-refractivity contribution in [3.05, 3.63) is 70.2 Å². The Morgan fingerprint density at radius 3 is 2.40 bits per heavy atom. The Morgan fingerprint density at radius 2 is 1.80 bits per heavy atom. The van der Waals surface area contributed by atoms with Crippen molar-refractivity contribution in [3.8, 4) is 0 Å². The lowest BCUT2D eigenvalue weighted by molar-refractivity contribution is -0.125. The number of hydrogen-bond acceptors (Lipinski definition) is 3. The van der Waals surface area contributed by atoms with Gasteiger partial charge >= 0.3 is 0 Å². The molecule has 1 aliphatic rings. The van der Waals surface area contributed by atoms with E-state index in [-0.39, 0.29) is 29.3 Å². The lowest BCUT2D eigenvalue weighted by Gasteiger charge is -2.31. The molecule has 190 valence electrons. The van der Waals surface area contributed by atoms with E-state index in [1.54, 1.807) is 12.1 Å². The lowest BCUT2D eigenvalue weighted by Crippen LogP contribution is -2.41. The molecular weight excluding hydrogens is 472 g/mol. The molecule has 1 fully saturated rings. The van der Waals surface area contributed by atoms with Gasteiger partial charge < -0.3 is 10.6 Å². The standard InChI is InChI=1S/C27H34ClF2N3O2/c1-17(34)32-25(18-7-9-19(28)10-8-18)6-5-13-31-26(35)23-16-33(27(2,3)4)15-22(23)21-12-11-20(29)14-24(21)30/h7-12,14,22-23,25H,5-6,13,15-16H2,1-4H3,(H,31,35)(H,32,34)/t22?,23-,25+/m1/s1. The van der Waals surface area contributed by atoms with Crippen LogP contribution in [0.3, 0.4) is 0 Å². The summed E-state index contributed by atoms with van der Waals surface area (Å²) < 4.78 is 28.1. The van der Waals surface area contributed by atoms with Crippen LogP contribution < -0.4 is 10.6 Å². The van der Waals surface area contributed by atoms with E-state index in [1.807, 2.05) is 12.1 Å². The highest BCUT2D eigenvalue weighted by Gasteiger charge is 2.42. The first-order valence-electron chi connectivity index (χ1n) is 12.0. The van der Waals surface area contributed by atoms with Crippen molar-refractivity contribution in [1.29, 1.82) is 0 Å². The Morgan fingerprint density at radius 1 is 1.11 bits per heavy atom. The second kappa shape index (κ2) is 11.5. The van der Waals surface area contributed by atoms with Gasteiger partial charge in [0.1, 0.15) is 11.6 Å². The number of benzene rings is 2.